The van der Waals surface area contributed by atoms with Gasteiger partial charge in [0.25, 0.3) is 5.91 Å². The van der Waals surface area contributed by atoms with Crippen LogP contribution >= 0.6 is 0 Å². The van der Waals surface area contributed by atoms with Gasteiger partial charge in [-0.15, -0.1) is 0 Å². The number of pyridine rings is 1. The second-order valence-electron chi connectivity index (χ2n) is 6.60. The van der Waals surface area contributed by atoms with Gasteiger partial charge < -0.3 is 14.4 Å². The van der Waals surface area contributed by atoms with E-state index in [1.807, 2.05) is 12.1 Å². The van der Waals surface area contributed by atoms with E-state index in [0.29, 0.717) is 38.3 Å². The number of halogens is 1. The second-order valence-corrected chi connectivity index (χ2v) is 6.60. The van der Waals surface area contributed by atoms with E-state index >= 15 is 0 Å². The number of ketones is 1. The number of hydrogen-bond acceptors (Lipinski definition) is 5. The van der Waals surface area contributed by atoms with Gasteiger partial charge in [0.1, 0.15) is 18.5 Å². The summed E-state index contributed by atoms with van der Waals surface area (Å²) < 4.78 is 25.4. The lowest BCUT2D eigenvalue weighted by Crippen LogP contribution is -2.47. The number of amides is 1. The van der Waals surface area contributed by atoms with Crippen molar-refractivity contribution in [3.05, 3.63) is 59.2 Å². The number of hydrogen-bond donors (Lipinski definition) is 0. The third kappa shape index (κ3) is 3.55. The van der Waals surface area contributed by atoms with Crippen LogP contribution in [0.2, 0.25) is 0 Å². The fraction of sp³-hybridized carbons (Fsp3) is 0.350. The van der Waals surface area contributed by atoms with Gasteiger partial charge in [0.2, 0.25) is 5.95 Å². The number of nitrogens with zero attached hydrogens (tertiary/aromatic N) is 2. The minimum atomic E-state index is -0.772. The first-order valence-corrected chi connectivity index (χ1v) is 8.93. The Kier molecular flexibility index (Phi) is 4.85. The van der Waals surface area contributed by atoms with Crippen LogP contribution in [0, 0.1) is 5.95 Å². The third-order valence-electron chi connectivity index (χ3n) is 4.88. The van der Waals surface area contributed by atoms with Crippen LogP contribution in [0.15, 0.2) is 36.5 Å². The maximum atomic E-state index is 13.8. The molecule has 1 fully saturated rings. The first-order valence-electron chi connectivity index (χ1n) is 8.93. The molecule has 0 N–H and O–H groups in total. The van der Waals surface area contributed by atoms with E-state index in [-0.39, 0.29) is 24.1 Å². The van der Waals surface area contributed by atoms with Crippen molar-refractivity contribution in [1.29, 1.82) is 0 Å². The van der Waals surface area contributed by atoms with Gasteiger partial charge in [-0.1, -0.05) is 12.1 Å². The molecule has 1 saturated heterocycles. The van der Waals surface area contributed by atoms with Crippen molar-refractivity contribution in [2.24, 2.45) is 0 Å². The molecule has 0 radical (unpaired) electrons. The Labute approximate surface area is 155 Å². The number of benzene rings is 1. The van der Waals surface area contributed by atoms with Crippen LogP contribution in [0.25, 0.3) is 0 Å². The molecule has 1 unspecified atom stereocenters. The fourth-order valence-electron chi connectivity index (χ4n) is 3.50. The van der Waals surface area contributed by atoms with Crippen molar-refractivity contribution in [2.75, 3.05) is 26.3 Å². The molecule has 1 aromatic carbocycles. The lowest BCUT2D eigenvalue weighted by molar-refractivity contribution is -0.0403. The third-order valence-corrected chi connectivity index (χ3v) is 4.88. The standard InChI is InChI=1S/C20H19FN2O4/c21-19-16(4-2-8-22-19)20(25)23-9-10-26-13(11-23)12-27-18-5-1-3-14-15(18)6-7-17(14)24/h1-5,8,13H,6-7,9-12H2. The molecule has 2 aromatic rings. The van der Waals surface area contributed by atoms with Crippen LogP contribution in [0.5, 0.6) is 5.75 Å². The Balaban J connectivity index is 1.41. The Morgan fingerprint density at radius 1 is 1.30 bits per heavy atom. The summed E-state index contributed by atoms with van der Waals surface area (Å²) in [6.45, 7) is 1.30. The van der Waals surface area contributed by atoms with Crippen LogP contribution in [-0.4, -0.2) is 54.0 Å². The summed E-state index contributed by atoms with van der Waals surface area (Å²) in [4.78, 5) is 29.5. The Bertz CT molecular complexity index is 886. The van der Waals surface area contributed by atoms with Gasteiger partial charge >= 0.3 is 0 Å². The number of rotatable bonds is 4. The Hall–Kier alpha value is -2.80. The van der Waals surface area contributed by atoms with Crippen molar-refractivity contribution in [3.8, 4) is 5.75 Å². The number of aromatic nitrogens is 1. The molecule has 1 aliphatic carbocycles. The van der Waals surface area contributed by atoms with Crippen molar-refractivity contribution < 1.29 is 23.5 Å². The molecular formula is C20H19FN2O4. The number of morpholine rings is 1. The van der Waals surface area contributed by atoms with E-state index in [1.54, 1.807) is 11.0 Å². The predicted molar refractivity (Wildman–Crippen MR) is 94.4 cm³/mol. The largest absolute Gasteiger partial charge is 0.491 e. The lowest BCUT2D eigenvalue weighted by Gasteiger charge is -2.33. The molecule has 27 heavy (non-hydrogen) atoms. The van der Waals surface area contributed by atoms with Crippen molar-refractivity contribution in [3.63, 3.8) is 0 Å². The van der Waals surface area contributed by atoms with Crippen LogP contribution in [0.1, 0.15) is 32.7 Å². The highest BCUT2D eigenvalue weighted by Gasteiger charge is 2.28. The Morgan fingerprint density at radius 3 is 3.04 bits per heavy atom. The molecule has 0 saturated carbocycles. The summed E-state index contributed by atoms with van der Waals surface area (Å²) in [6.07, 6.45) is 2.18. The molecule has 0 bridgehead atoms. The van der Waals surface area contributed by atoms with Gasteiger partial charge in [-0.25, -0.2) is 4.98 Å². The normalized spacial score (nSPS) is 19.1. The summed E-state index contributed by atoms with van der Waals surface area (Å²) in [5.41, 5.74) is 1.61. The fourth-order valence-corrected chi connectivity index (χ4v) is 3.50. The average Bonchev–Trinajstić information content (AvgIpc) is 3.08. The van der Waals surface area contributed by atoms with E-state index in [9.17, 15) is 14.0 Å². The van der Waals surface area contributed by atoms with E-state index in [2.05, 4.69) is 4.98 Å². The molecule has 1 amide bonds. The quantitative estimate of drug-likeness (QED) is 0.773. The van der Waals surface area contributed by atoms with Gasteiger partial charge in [-0.05, 0) is 24.6 Å². The van der Waals surface area contributed by atoms with Crippen LogP contribution < -0.4 is 4.74 Å². The second kappa shape index (κ2) is 7.44. The molecular weight excluding hydrogens is 351 g/mol. The minimum Gasteiger partial charge on any atom is -0.491 e. The maximum absolute atomic E-state index is 13.8. The number of fused-ring (bicyclic) bond motifs is 1. The topological polar surface area (TPSA) is 68.7 Å². The lowest BCUT2D eigenvalue weighted by atomic mass is 10.1. The number of ether oxygens (including phenoxy) is 2. The molecule has 1 aliphatic heterocycles. The molecule has 0 spiro atoms. The predicted octanol–water partition coefficient (Wildman–Crippen LogP) is 2.27. The van der Waals surface area contributed by atoms with Gasteiger partial charge in [-0.3, -0.25) is 9.59 Å². The molecule has 1 atom stereocenters. The molecule has 140 valence electrons. The highest BCUT2D eigenvalue weighted by Crippen LogP contribution is 2.30. The van der Waals surface area contributed by atoms with Crippen molar-refractivity contribution in [2.45, 2.75) is 18.9 Å². The molecule has 2 aliphatic rings. The summed E-state index contributed by atoms with van der Waals surface area (Å²) in [5.74, 6) is -0.352. The molecule has 7 heteroatoms. The van der Waals surface area contributed by atoms with Crippen LogP contribution in [-0.2, 0) is 11.2 Å². The smallest absolute Gasteiger partial charge is 0.258 e. The van der Waals surface area contributed by atoms with Crippen LogP contribution in [0.3, 0.4) is 0 Å². The molecule has 4 rings (SSSR count). The van der Waals surface area contributed by atoms with Gasteiger partial charge in [0.15, 0.2) is 5.78 Å². The zero-order valence-electron chi connectivity index (χ0n) is 14.7. The summed E-state index contributed by atoms with van der Waals surface area (Å²) in [7, 11) is 0. The van der Waals surface area contributed by atoms with Gasteiger partial charge in [0, 0.05) is 30.3 Å². The summed E-state index contributed by atoms with van der Waals surface area (Å²) in [6, 6.07) is 8.43. The average molecular weight is 370 g/mol. The summed E-state index contributed by atoms with van der Waals surface area (Å²) in [5, 5.41) is 0. The first-order chi connectivity index (χ1) is 13.1. The van der Waals surface area contributed by atoms with Gasteiger partial charge in [0.05, 0.1) is 18.7 Å². The highest BCUT2D eigenvalue weighted by atomic mass is 19.1. The van der Waals surface area contributed by atoms with E-state index in [0.717, 1.165) is 11.1 Å². The summed E-state index contributed by atoms with van der Waals surface area (Å²) >= 11 is 0. The molecule has 1 aromatic heterocycles. The maximum Gasteiger partial charge on any atom is 0.258 e. The van der Waals surface area contributed by atoms with Gasteiger partial charge in [-0.2, -0.15) is 4.39 Å². The number of carbonyl (C=O) groups is 2. The zero-order chi connectivity index (χ0) is 18.8. The first kappa shape index (κ1) is 17.6. The Morgan fingerprint density at radius 2 is 2.19 bits per heavy atom. The monoisotopic (exact) mass is 370 g/mol. The highest BCUT2D eigenvalue weighted by molar-refractivity contribution is 6.01. The number of Topliss-reactive ketones (excluding diaryl/α,β-unsaturated/α-hetero) is 1. The van der Waals surface area contributed by atoms with Crippen LogP contribution in [0.4, 0.5) is 4.39 Å². The van der Waals surface area contributed by atoms with E-state index < -0.39 is 11.9 Å². The van der Waals surface area contributed by atoms with E-state index in [1.165, 1.54) is 18.3 Å². The van der Waals surface area contributed by atoms with Crippen molar-refractivity contribution >= 4 is 11.7 Å². The SMILES string of the molecule is O=C1CCc2c(OCC3CN(C(=O)c4cccnc4F)CCO3)cccc21. The molecule has 6 nitrogen and oxygen atoms in total. The molecule has 2 heterocycles. The number of carbonyl (C=O) groups excluding carboxylic acids is 2. The zero-order valence-corrected chi connectivity index (χ0v) is 14.7. The minimum absolute atomic E-state index is 0.0431. The van der Waals surface area contributed by atoms with E-state index in [4.69, 9.17) is 9.47 Å². The van der Waals surface area contributed by atoms with Crippen molar-refractivity contribution in [1.82, 2.24) is 9.88 Å².